The zero-order valence-electron chi connectivity index (χ0n) is 16.1. The van der Waals surface area contributed by atoms with Gasteiger partial charge in [-0.1, -0.05) is 27.5 Å². The maximum atomic E-state index is 12.9. The molecule has 0 saturated carbocycles. The van der Waals surface area contributed by atoms with E-state index in [1.54, 1.807) is 19.2 Å². The van der Waals surface area contributed by atoms with Gasteiger partial charge in [0.15, 0.2) is 0 Å². The molecular weight excluding hydrogens is 452 g/mol. The van der Waals surface area contributed by atoms with Crippen LogP contribution in [0.5, 0.6) is 0 Å². The molecule has 4 aromatic rings. The quantitative estimate of drug-likeness (QED) is 0.377. The minimum atomic E-state index is -0.198. The second-order valence-electron chi connectivity index (χ2n) is 6.82. The Labute approximate surface area is 181 Å². The summed E-state index contributed by atoms with van der Waals surface area (Å²) in [6.07, 6.45) is 1.70. The predicted molar refractivity (Wildman–Crippen MR) is 122 cm³/mol. The topological polar surface area (TPSA) is 52.2 Å². The van der Waals surface area contributed by atoms with Crippen LogP contribution in [0.1, 0.15) is 22.8 Å². The smallest absolute Gasteiger partial charge is 0.282 e. The Kier molecular flexibility index (Phi) is 5.15. The molecule has 0 N–H and O–H groups in total. The van der Waals surface area contributed by atoms with Gasteiger partial charge in [0.2, 0.25) is 0 Å². The standard InChI is InChI=1S/C22H18BrClN4O/c1-13-10-16(14(2)27(13)19-7-5-18(24)6-8-19)12-25-28-15(3)26-21-9-4-17(23)11-20(21)22(28)29/h4-12H,1-3H3. The Hall–Kier alpha value is -2.70. The number of aromatic nitrogens is 3. The van der Waals surface area contributed by atoms with Gasteiger partial charge in [-0.2, -0.15) is 9.78 Å². The SMILES string of the molecule is Cc1cc(C=Nn2c(C)nc3ccc(Br)cc3c2=O)c(C)n1-c1ccc(Cl)cc1. The molecule has 2 heterocycles. The van der Waals surface area contributed by atoms with E-state index in [0.717, 1.165) is 27.1 Å². The van der Waals surface area contributed by atoms with Crippen molar-refractivity contribution in [2.45, 2.75) is 20.8 Å². The first-order valence-electron chi connectivity index (χ1n) is 9.03. The number of hydrogen-bond donors (Lipinski definition) is 0. The summed E-state index contributed by atoms with van der Waals surface area (Å²) < 4.78 is 4.29. The highest BCUT2D eigenvalue weighted by molar-refractivity contribution is 9.10. The zero-order chi connectivity index (χ0) is 20.7. The summed E-state index contributed by atoms with van der Waals surface area (Å²) in [5, 5.41) is 5.66. The van der Waals surface area contributed by atoms with Gasteiger partial charge in [-0.15, -0.1) is 0 Å². The fourth-order valence-corrected chi connectivity index (χ4v) is 3.91. The lowest BCUT2D eigenvalue weighted by Gasteiger charge is -2.09. The van der Waals surface area contributed by atoms with Crippen molar-refractivity contribution in [2.24, 2.45) is 5.10 Å². The van der Waals surface area contributed by atoms with Gasteiger partial charge in [-0.05, 0) is 69.3 Å². The second kappa shape index (κ2) is 7.61. The van der Waals surface area contributed by atoms with E-state index < -0.39 is 0 Å². The Morgan fingerprint density at radius 2 is 1.79 bits per heavy atom. The van der Waals surface area contributed by atoms with Crippen LogP contribution < -0.4 is 5.56 Å². The third kappa shape index (κ3) is 3.66. The van der Waals surface area contributed by atoms with Gasteiger partial charge in [0.05, 0.1) is 17.1 Å². The van der Waals surface area contributed by atoms with Crippen LogP contribution in [0, 0.1) is 20.8 Å². The fourth-order valence-electron chi connectivity index (χ4n) is 3.42. The average Bonchev–Trinajstić information content (AvgIpc) is 2.97. The number of rotatable bonds is 3. The van der Waals surface area contributed by atoms with Crippen molar-refractivity contribution in [1.82, 2.24) is 14.2 Å². The van der Waals surface area contributed by atoms with Crippen molar-refractivity contribution in [3.05, 3.63) is 91.2 Å². The minimum absolute atomic E-state index is 0.198. The normalized spacial score (nSPS) is 11.6. The van der Waals surface area contributed by atoms with Crippen molar-refractivity contribution >= 4 is 44.6 Å². The molecule has 0 unspecified atom stereocenters. The molecule has 0 fully saturated rings. The van der Waals surface area contributed by atoms with Crippen LogP contribution in [-0.2, 0) is 0 Å². The highest BCUT2D eigenvalue weighted by atomic mass is 79.9. The van der Waals surface area contributed by atoms with Crippen molar-refractivity contribution in [1.29, 1.82) is 0 Å². The van der Waals surface area contributed by atoms with E-state index in [-0.39, 0.29) is 5.56 Å². The van der Waals surface area contributed by atoms with E-state index >= 15 is 0 Å². The third-order valence-corrected chi connectivity index (χ3v) is 5.58. The number of aryl methyl sites for hydroxylation is 2. The fraction of sp³-hybridized carbons (Fsp3) is 0.136. The molecule has 0 aliphatic rings. The molecule has 0 atom stereocenters. The summed E-state index contributed by atoms with van der Waals surface area (Å²) in [5.41, 5.74) is 4.50. The van der Waals surface area contributed by atoms with Gasteiger partial charge in [0.1, 0.15) is 5.82 Å². The second-order valence-corrected chi connectivity index (χ2v) is 8.17. The van der Waals surface area contributed by atoms with E-state index in [2.05, 4.69) is 30.6 Å². The lowest BCUT2D eigenvalue weighted by Crippen LogP contribution is -2.20. The van der Waals surface area contributed by atoms with Crippen LogP contribution in [0.4, 0.5) is 0 Å². The van der Waals surface area contributed by atoms with E-state index in [9.17, 15) is 4.79 Å². The molecule has 0 amide bonds. The molecule has 29 heavy (non-hydrogen) atoms. The van der Waals surface area contributed by atoms with Crippen molar-refractivity contribution in [3.8, 4) is 5.69 Å². The molecular formula is C22H18BrClN4O. The summed E-state index contributed by atoms with van der Waals surface area (Å²) in [4.78, 5) is 17.4. The van der Waals surface area contributed by atoms with Crippen molar-refractivity contribution in [2.75, 3.05) is 0 Å². The predicted octanol–water partition coefficient (Wildman–Crippen LogP) is 5.41. The van der Waals surface area contributed by atoms with Gasteiger partial charge < -0.3 is 4.57 Å². The molecule has 7 heteroatoms. The van der Waals surface area contributed by atoms with Gasteiger partial charge in [0, 0.05) is 32.1 Å². The summed E-state index contributed by atoms with van der Waals surface area (Å²) in [6.45, 7) is 5.83. The lowest BCUT2D eigenvalue weighted by atomic mass is 10.2. The number of benzene rings is 2. The molecule has 2 aromatic heterocycles. The van der Waals surface area contributed by atoms with Gasteiger partial charge in [0.25, 0.3) is 5.56 Å². The van der Waals surface area contributed by atoms with Crippen LogP contribution in [0.2, 0.25) is 5.02 Å². The average molecular weight is 470 g/mol. The molecule has 4 rings (SSSR count). The van der Waals surface area contributed by atoms with E-state index in [1.165, 1.54) is 4.68 Å². The first-order valence-corrected chi connectivity index (χ1v) is 10.2. The van der Waals surface area contributed by atoms with Gasteiger partial charge in [-0.3, -0.25) is 4.79 Å². The Morgan fingerprint density at radius 3 is 2.52 bits per heavy atom. The summed E-state index contributed by atoms with van der Waals surface area (Å²) in [7, 11) is 0. The Morgan fingerprint density at radius 1 is 1.07 bits per heavy atom. The molecule has 5 nitrogen and oxygen atoms in total. The van der Waals surface area contributed by atoms with Gasteiger partial charge in [-0.25, -0.2) is 4.98 Å². The maximum Gasteiger partial charge on any atom is 0.282 e. The maximum absolute atomic E-state index is 12.9. The molecule has 146 valence electrons. The number of nitrogens with zero attached hydrogens (tertiary/aromatic N) is 4. The molecule has 0 radical (unpaired) electrons. The molecule has 0 spiro atoms. The van der Waals surface area contributed by atoms with Crippen LogP contribution in [0.25, 0.3) is 16.6 Å². The van der Waals surface area contributed by atoms with E-state index in [4.69, 9.17) is 11.6 Å². The largest absolute Gasteiger partial charge is 0.318 e. The monoisotopic (exact) mass is 468 g/mol. The minimum Gasteiger partial charge on any atom is -0.318 e. The Bertz CT molecular complexity index is 1320. The van der Waals surface area contributed by atoms with Crippen LogP contribution in [0.3, 0.4) is 0 Å². The zero-order valence-corrected chi connectivity index (χ0v) is 18.5. The lowest BCUT2D eigenvalue weighted by molar-refractivity contribution is 0.770. The molecule has 2 aromatic carbocycles. The van der Waals surface area contributed by atoms with Crippen LogP contribution >= 0.6 is 27.5 Å². The molecule has 0 aliphatic carbocycles. The third-order valence-electron chi connectivity index (χ3n) is 4.84. The van der Waals surface area contributed by atoms with Crippen molar-refractivity contribution in [3.63, 3.8) is 0 Å². The van der Waals surface area contributed by atoms with Crippen LogP contribution in [-0.4, -0.2) is 20.4 Å². The number of halogens is 2. The van der Waals surface area contributed by atoms with Crippen molar-refractivity contribution < 1.29 is 0 Å². The summed E-state index contributed by atoms with van der Waals surface area (Å²) in [5.74, 6) is 0.535. The van der Waals surface area contributed by atoms with Crippen LogP contribution in [0.15, 0.2) is 62.9 Å². The van der Waals surface area contributed by atoms with Gasteiger partial charge >= 0.3 is 0 Å². The Balaban J connectivity index is 1.78. The number of fused-ring (bicyclic) bond motifs is 1. The molecule has 0 saturated heterocycles. The summed E-state index contributed by atoms with van der Waals surface area (Å²) >= 11 is 9.42. The molecule has 0 aliphatic heterocycles. The number of hydrogen-bond acceptors (Lipinski definition) is 3. The first-order chi connectivity index (χ1) is 13.8. The highest BCUT2D eigenvalue weighted by Gasteiger charge is 2.11. The van der Waals surface area contributed by atoms with E-state index in [0.29, 0.717) is 21.7 Å². The summed E-state index contributed by atoms with van der Waals surface area (Å²) in [6, 6.07) is 15.2. The highest BCUT2D eigenvalue weighted by Crippen LogP contribution is 2.21. The van der Waals surface area contributed by atoms with E-state index in [1.807, 2.05) is 56.3 Å². The first kappa shape index (κ1) is 19.6. The molecule has 0 bridgehead atoms.